The largest absolute Gasteiger partial charge is 0.355 e. The molecule has 0 radical (unpaired) electrons. The number of likely N-dealkylation sites (N-methyl/N-ethyl adjacent to an activating group) is 1. The molecule has 1 atom stereocenters. The lowest BCUT2D eigenvalue weighted by atomic mass is 10.1. The Morgan fingerprint density at radius 3 is 2.18 bits per heavy atom. The van der Waals surface area contributed by atoms with Crippen molar-refractivity contribution in [3.63, 3.8) is 0 Å². The molecule has 0 aliphatic rings. The standard InChI is InChI=1S/C27H28Cl3N3O4S/c1-4-31-27(35)19(3)32(16-20-7-5-6-8-23(20)28)26(34)17-33(21-11-14-24(29)25(30)15-21)38(36,37)22-12-9-18(2)10-13-22/h5-15,19H,4,16-17H2,1-3H3,(H,31,35)/t19-/m1/s1. The molecule has 0 aromatic heterocycles. The van der Waals surface area contributed by atoms with Crippen molar-refractivity contribution < 1.29 is 18.0 Å². The maximum atomic E-state index is 13.8. The Hall–Kier alpha value is -2.78. The molecular formula is C27H28Cl3N3O4S. The molecule has 0 saturated carbocycles. The van der Waals surface area contributed by atoms with Crippen molar-refractivity contribution in [2.45, 2.75) is 38.3 Å². The first kappa shape index (κ1) is 29.8. The van der Waals surface area contributed by atoms with Crippen LogP contribution in [0.15, 0.2) is 71.6 Å². The van der Waals surface area contributed by atoms with Gasteiger partial charge < -0.3 is 10.2 Å². The van der Waals surface area contributed by atoms with Gasteiger partial charge in [-0.05, 0) is 62.7 Å². The van der Waals surface area contributed by atoms with Crippen molar-refractivity contribution in [2.75, 3.05) is 17.4 Å². The Balaban J connectivity index is 2.07. The zero-order valence-corrected chi connectivity index (χ0v) is 24.2. The average Bonchev–Trinajstić information content (AvgIpc) is 2.88. The number of nitrogens with one attached hydrogen (secondary N) is 1. The minimum atomic E-state index is -4.21. The van der Waals surface area contributed by atoms with Crippen LogP contribution in [0.5, 0.6) is 0 Å². The van der Waals surface area contributed by atoms with Crippen molar-refractivity contribution in [3.05, 3.63) is 92.9 Å². The number of sulfonamides is 1. The third kappa shape index (κ3) is 6.99. The van der Waals surface area contributed by atoms with E-state index in [1.54, 1.807) is 50.2 Å². The van der Waals surface area contributed by atoms with Gasteiger partial charge in [0.15, 0.2) is 0 Å². The van der Waals surface area contributed by atoms with E-state index >= 15 is 0 Å². The second kappa shape index (κ2) is 12.8. The minimum Gasteiger partial charge on any atom is -0.355 e. The summed E-state index contributed by atoms with van der Waals surface area (Å²) < 4.78 is 28.6. The number of rotatable bonds is 10. The smallest absolute Gasteiger partial charge is 0.264 e. The minimum absolute atomic E-state index is 0.00333. The highest BCUT2D eigenvalue weighted by molar-refractivity contribution is 7.92. The topological polar surface area (TPSA) is 86.8 Å². The summed E-state index contributed by atoms with van der Waals surface area (Å²) in [6.07, 6.45) is 0. The number of anilines is 1. The van der Waals surface area contributed by atoms with Crippen LogP contribution in [-0.4, -0.2) is 44.3 Å². The SMILES string of the molecule is CCNC(=O)[C@@H](C)N(Cc1ccccc1Cl)C(=O)CN(c1ccc(Cl)c(Cl)c1)S(=O)(=O)c1ccc(C)cc1. The van der Waals surface area contributed by atoms with E-state index in [-0.39, 0.29) is 33.1 Å². The van der Waals surface area contributed by atoms with Crippen molar-refractivity contribution >= 4 is 62.3 Å². The van der Waals surface area contributed by atoms with Gasteiger partial charge in [0.1, 0.15) is 12.6 Å². The monoisotopic (exact) mass is 595 g/mol. The van der Waals surface area contributed by atoms with E-state index in [1.165, 1.54) is 35.2 Å². The number of aryl methyl sites for hydroxylation is 1. The lowest BCUT2D eigenvalue weighted by Crippen LogP contribution is -2.51. The van der Waals surface area contributed by atoms with E-state index in [0.29, 0.717) is 17.1 Å². The maximum Gasteiger partial charge on any atom is 0.264 e. The Bertz CT molecular complexity index is 1420. The summed E-state index contributed by atoms with van der Waals surface area (Å²) in [5, 5.41) is 3.49. The maximum absolute atomic E-state index is 13.8. The number of halogens is 3. The molecule has 0 spiro atoms. The van der Waals surface area contributed by atoms with Gasteiger partial charge in [-0.1, -0.05) is 70.7 Å². The second-order valence-electron chi connectivity index (χ2n) is 8.61. The van der Waals surface area contributed by atoms with Gasteiger partial charge in [-0.2, -0.15) is 0 Å². The third-order valence-electron chi connectivity index (χ3n) is 5.90. The van der Waals surface area contributed by atoms with Gasteiger partial charge in [0.25, 0.3) is 10.0 Å². The number of nitrogens with zero attached hydrogens (tertiary/aromatic N) is 2. The van der Waals surface area contributed by atoms with Gasteiger partial charge in [-0.3, -0.25) is 13.9 Å². The lowest BCUT2D eigenvalue weighted by molar-refractivity contribution is -0.139. The molecular weight excluding hydrogens is 569 g/mol. The Morgan fingerprint density at radius 2 is 1.58 bits per heavy atom. The van der Waals surface area contributed by atoms with Crippen molar-refractivity contribution in [1.29, 1.82) is 0 Å². The highest BCUT2D eigenvalue weighted by Crippen LogP contribution is 2.31. The van der Waals surface area contributed by atoms with Crippen LogP contribution >= 0.6 is 34.8 Å². The third-order valence-corrected chi connectivity index (χ3v) is 8.79. The number of hydrogen-bond acceptors (Lipinski definition) is 4. The van der Waals surface area contributed by atoms with Gasteiger partial charge in [0.05, 0.1) is 20.6 Å². The fourth-order valence-electron chi connectivity index (χ4n) is 3.72. The number of carbonyl (C=O) groups is 2. The van der Waals surface area contributed by atoms with E-state index in [2.05, 4.69) is 5.32 Å². The predicted molar refractivity (Wildman–Crippen MR) is 152 cm³/mol. The van der Waals surface area contributed by atoms with Gasteiger partial charge in [-0.15, -0.1) is 0 Å². The first-order chi connectivity index (χ1) is 17.9. The predicted octanol–water partition coefficient (Wildman–Crippen LogP) is 5.70. The van der Waals surface area contributed by atoms with Crippen LogP contribution in [-0.2, 0) is 26.2 Å². The van der Waals surface area contributed by atoms with Crippen LogP contribution in [0.25, 0.3) is 0 Å². The first-order valence-electron chi connectivity index (χ1n) is 11.8. The fourth-order valence-corrected chi connectivity index (χ4v) is 5.61. The first-order valence-corrected chi connectivity index (χ1v) is 14.4. The molecule has 7 nitrogen and oxygen atoms in total. The molecule has 11 heteroatoms. The highest BCUT2D eigenvalue weighted by Gasteiger charge is 2.33. The van der Waals surface area contributed by atoms with Crippen LogP contribution in [0.4, 0.5) is 5.69 Å². The zero-order valence-electron chi connectivity index (χ0n) is 21.1. The van der Waals surface area contributed by atoms with Gasteiger partial charge in [-0.25, -0.2) is 8.42 Å². The van der Waals surface area contributed by atoms with Crippen LogP contribution in [0, 0.1) is 6.92 Å². The molecule has 0 unspecified atom stereocenters. The van der Waals surface area contributed by atoms with Crippen LogP contribution in [0.3, 0.4) is 0 Å². The summed E-state index contributed by atoms with van der Waals surface area (Å²) >= 11 is 18.6. The van der Waals surface area contributed by atoms with Crippen molar-refractivity contribution in [3.8, 4) is 0 Å². The molecule has 0 heterocycles. The van der Waals surface area contributed by atoms with Gasteiger partial charge in [0.2, 0.25) is 11.8 Å². The van der Waals surface area contributed by atoms with E-state index < -0.39 is 28.5 Å². The molecule has 0 saturated heterocycles. The number of carbonyl (C=O) groups excluding carboxylic acids is 2. The fraction of sp³-hybridized carbons (Fsp3) is 0.259. The Morgan fingerprint density at radius 1 is 0.921 bits per heavy atom. The molecule has 1 N–H and O–H groups in total. The van der Waals surface area contributed by atoms with Crippen molar-refractivity contribution in [1.82, 2.24) is 10.2 Å². The van der Waals surface area contributed by atoms with E-state index in [9.17, 15) is 18.0 Å². The average molecular weight is 597 g/mol. The van der Waals surface area contributed by atoms with E-state index in [4.69, 9.17) is 34.8 Å². The Kier molecular flexibility index (Phi) is 10.1. The van der Waals surface area contributed by atoms with Crippen LogP contribution in [0.2, 0.25) is 15.1 Å². The summed E-state index contributed by atoms with van der Waals surface area (Å²) in [6, 6.07) is 16.6. The second-order valence-corrected chi connectivity index (χ2v) is 11.7. The van der Waals surface area contributed by atoms with Crippen LogP contribution in [0.1, 0.15) is 25.0 Å². The van der Waals surface area contributed by atoms with E-state index in [1.807, 2.05) is 6.92 Å². The molecule has 2 amide bonds. The summed E-state index contributed by atoms with van der Waals surface area (Å²) in [5.41, 5.74) is 1.64. The van der Waals surface area contributed by atoms with Gasteiger partial charge in [0, 0.05) is 18.1 Å². The summed E-state index contributed by atoms with van der Waals surface area (Å²) in [7, 11) is -4.21. The molecule has 3 aromatic rings. The Labute approximate surface area is 238 Å². The molecule has 0 aliphatic carbocycles. The summed E-state index contributed by atoms with van der Waals surface area (Å²) in [5.74, 6) is -0.985. The molecule has 3 aromatic carbocycles. The number of hydrogen-bond donors (Lipinski definition) is 1. The summed E-state index contributed by atoms with van der Waals surface area (Å²) in [6.45, 7) is 4.96. The zero-order chi connectivity index (χ0) is 28.0. The van der Waals surface area contributed by atoms with E-state index in [0.717, 1.165) is 9.87 Å². The summed E-state index contributed by atoms with van der Waals surface area (Å²) in [4.78, 5) is 27.9. The molecule has 38 heavy (non-hydrogen) atoms. The molecule has 202 valence electrons. The quantitative estimate of drug-likeness (QED) is 0.325. The number of benzene rings is 3. The lowest BCUT2D eigenvalue weighted by Gasteiger charge is -2.32. The molecule has 0 aliphatic heterocycles. The molecule has 0 bridgehead atoms. The van der Waals surface area contributed by atoms with Crippen LogP contribution < -0.4 is 9.62 Å². The van der Waals surface area contributed by atoms with Gasteiger partial charge >= 0.3 is 0 Å². The van der Waals surface area contributed by atoms with Crippen molar-refractivity contribution in [2.24, 2.45) is 0 Å². The molecule has 0 fully saturated rings. The number of amides is 2. The highest BCUT2D eigenvalue weighted by atomic mass is 35.5. The normalized spacial score (nSPS) is 12.1. The molecule has 3 rings (SSSR count).